The summed E-state index contributed by atoms with van der Waals surface area (Å²) in [7, 11) is 0. The third-order valence-electron chi connectivity index (χ3n) is 2.04. The molecule has 0 heterocycles. The van der Waals surface area contributed by atoms with Crippen LogP contribution in [-0.2, 0) is 0 Å². The SMILES string of the molecule is O=C(Cl)c1cc(I)c2ccccc2c1. The minimum Gasteiger partial charge on any atom is -0.276 e. The van der Waals surface area contributed by atoms with E-state index in [1.165, 1.54) is 0 Å². The van der Waals surface area contributed by atoms with Gasteiger partial charge in [0.2, 0.25) is 0 Å². The van der Waals surface area contributed by atoms with Crippen molar-refractivity contribution in [2.45, 2.75) is 0 Å². The molecule has 0 aromatic heterocycles. The summed E-state index contributed by atoms with van der Waals surface area (Å²) < 4.78 is 1.05. The molecule has 0 atom stereocenters. The lowest BCUT2D eigenvalue weighted by atomic mass is 10.1. The van der Waals surface area contributed by atoms with Crippen LogP contribution in [0, 0.1) is 3.57 Å². The summed E-state index contributed by atoms with van der Waals surface area (Å²) >= 11 is 7.64. The highest BCUT2D eigenvalue weighted by atomic mass is 127. The fraction of sp³-hybridized carbons (Fsp3) is 0. The standard InChI is InChI=1S/C11H6ClIO/c12-11(14)8-5-7-3-1-2-4-9(7)10(13)6-8/h1-6H. The van der Waals surface area contributed by atoms with Crippen LogP contribution in [0.2, 0.25) is 0 Å². The van der Waals surface area contributed by atoms with Gasteiger partial charge >= 0.3 is 0 Å². The van der Waals surface area contributed by atoms with E-state index in [1.54, 1.807) is 6.07 Å². The van der Waals surface area contributed by atoms with Crippen molar-refractivity contribution in [3.8, 4) is 0 Å². The van der Waals surface area contributed by atoms with E-state index in [2.05, 4.69) is 22.6 Å². The average Bonchev–Trinajstić information content (AvgIpc) is 2.17. The Balaban J connectivity index is 2.78. The molecule has 0 spiro atoms. The molecule has 0 N–H and O–H groups in total. The predicted molar refractivity (Wildman–Crippen MR) is 66.8 cm³/mol. The first-order valence-corrected chi connectivity index (χ1v) is 5.52. The zero-order valence-corrected chi connectivity index (χ0v) is 10.0. The first kappa shape index (κ1) is 9.93. The van der Waals surface area contributed by atoms with E-state index in [9.17, 15) is 4.79 Å². The molecule has 0 unspecified atom stereocenters. The van der Waals surface area contributed by atoms with Gasteiger partial charge < -0.3 is 0 Å². The number of halogens is 2. The lowest BCUT2D eigenvalue weighted by Crippen LogP contribution is -1.90. The van der Waals surface area contributed by atoms with Gasteiger partial charge in [0, 0.05) is 9.13 Å². The van der Waals surface area contributed by atoms with Crippen molar-refractivity contribution in [3.63, 3.8) is 0 Å². The Bertz CT molecular complexity index is 508. The van der Waals surface area contributed by atoms with E-state index in [1.807, 2.05) is 30.3 Å². The summed E-state index contributed by atoms with van der Waals surface area (Å²) in [4.78, 5) is 11.0. The molecule has 0 saturated carbocycles. The molecule has 2 aromatic carbocycles. The van der Waals surface area contributed by atoms with Crippen molar-refractivity contribution in [2.24, 2.45) is 0 Å². The maximum atomic E-state index is 11.0. The zero-order chi connectivity index (χ0) is 10.1. The van der Waals surface area contributed by atoms with Crippen LogP contribution in [0.15, 0.2) is 36.4 Å². The molecule has 0 bridgehead atoms. The summed E-state index contributed by atoms with van der Waals surface area (Å²) in [5.41, 5.74) is 0.551. The van der Waals surface area contributed by atoms with Gasteiger partial charge in [-0.15, -0.1) is 0 Å². The minimum atomic E-state index is -0.409. The first-order valence-electron chi connectivity index (χ1n) is 4.06. The van der Waals surface area contributed by atoms with Crippen molar-refractivity contribution in [1.29, 1.82) is 0 Å². The van der Waals surface area contributed by atoms with E-state index >= 15 is 0 Å². The fourth-order valence-electron chi connectivity index (χ4n) is 1.38. The van der Waals surface area contributed by atoms with E-state index in [0.717, 1.165) is 14.3 Å². The van der Waals surface area contributed by atoms with E-state index in [4.69, 9.17) is 11.6 Å². The van der Waals surface area contributed by atoms with Crippen LogP contribution in [-0.4, -0.2) is 5.24 Å². The smallest absolute Gasteiger partial charge is 0.252 e. The molecule has 0 aliphatic carbocycles. The second-order valence-corrected chi connectivity index (χ2v) is 4.46. The summed E-state index contributed by atoms with van der Waals surface area (Å²) in [6.07, 6.45) is 0. The number of carbonyl (C=O) groups is 1. The van der Waals surface area contributed by atoms with Gasteiger partial charge in [-0.05, 0) is 57.1 Å². The van der Waals surface area contributed by atoms with Crippen LogP contribution in [0.25, 0.3) is 10.8 Å². The molecule has 14 heavy (non-hydrogen) atoms. The van der Waals surface area contributed by atoms with Crippen molar-refractivity contribution < 1.29 is 4.79 Å². The molecular weight excluding hydrogens is 310 g/mol. The average molecular weight is 317 g/mol. The molecule has 3 heteroatoms. The van der Waals surface area contributed by atoms with E-state index in [0.29, 0.717) is 5.56 Å². The molecule has 0 aliphatic heterocycles. The Kier molecular flexibility index (Phi) is 2.74. The molecule has 70 valence electrons. The van der Waals surface area contributed by atoms with Crippen molar-refractivity contribution in [3.05, 3.63) is 45.5 Å². The summed E-state index contributed by atoms with van der Waals surface area (Å²) in [6, 6.07) is 11.5. The lowest BCUT2D eigenvalue weighted by molar-refractivity contribution is 0.108. The van der Waals surface area contributed by atoms with E-state index in [-0.39, 0.29) is 0 Å². The zero-order valence-electron chi connectivity index (χ0n) is 7.13. The van der Waals surface area contributed by atoms with Crippen LogP contribution in [0.4, 0.5) is 0 Å². The quantitative estimate of drug-likeness (QED) is 0.577. The third kappa shape index (κ3) is 1.77. The van der Waals surface area contributed by atoms with Gasteiger partial charge in [0.1, 0.15) is 0 Å². The summed E-state index contributed by atoms with van der Waals surface area (Å²) in [6.45, 7) is 0. The van der Waals surface area contributed by atoms with Gasteiger partial charge in [-0.25, -0.2) is 0 Å². The normalized spacial score (nSPS) is 10.4. The van der Waals surface area contributed by atoms with Gasteiger partial charge in [-0.1, -0.05) is 24.3 Å². The van der Waals surface area contributed by atoms with Crippen LogP contribution < -0.4 is 0 Å². The van der Waals surface area contributed by atoms with Gasteiger partial charge in [0.15, 0.2) is 0 Å². The van der Waals surface area contributed by atoms with Crippen molar-refractivity contribution in [1.82, 2.24) is 0 Å². The largest absolute Gasteiger partial charge is 0.276 e. The van der Waals surface area contributed by atoms with Gasteiger partial charge in [-0.3, -0.25) is 4.79 Å². The van der Waals surface area contributed by atoms with Crippen LogP contribution >= 0.6 is 34.2 Å². The third-order valence-corrected chi connectivity index (χ3v) is 3.15. The Hall–Kier alpha value is -0.610. The molecule has 2 aromatic rings. The number of hydrogen-bond acceptors (Lipinski definition) is 1. The number of fused-ring (bicyclic) bond motifs is 1. The van der Waals surface area contributed by atoms with Crippen LogP contribution in [0.5, 0.6) is 0 Å². The minimum absolute atomic E-state index is 0.409. The molecular formula is C11H6ClIO. The topological polar surface area (TPSA) is 17.1 Å². The predicted octanol–water partition coefficient (Wildman–Crippen LogP) is 3.82. The number of rotatable bonds is 1. The molecule has 1 nitrogen and oxygen atoms in total. The highest BCUT2D eigenvalue weighted by molar-refractivity contribution is 14.1. The van der Waals surface area contributed by atoms with Gasteiger partial charge in [0.05, 0.1) is 0 Å². The summed E-state index contributed by atoms with van der Waals surface area (Å²) in [5.74, 6) is 0. The number of benzene rings is 2. The molecule has 0 fully saturated rings. The second-order valence-electron chi connectivity index (χ2n) is 2.95. The van der Waals surface area contributed by atoms with Gasteiger partial charge in [-0.2, -0.15) is 0 Å². The molecule has 2 rings (SSSR count). The van der Waals surface area contributed by atoms with Crippen molar-refractivity contribution >= 4 is 50.2 Å². The second kappa shape index (κ2) is 3.87. The first-order chi connectivity index (χ1) is 6.68. The van der Waals surface area contributed by atoms with E-state index < -0.39 is 5.24 Å². The molecule has 0 saturated heterocycles. The maximum Gasteiger partial charge on any atom is 0.252 e. The Labute approximate surface area is 100 Å². The van der Waals surface area contributed by atoms with Crippen LogP contribution in [0.3, 0.4) is 0 Å². The Morgan fingerprint density at radius 3 is 2.64 bits per heavy atom. The van der Waals surface area contributed by atoms with Gasteiger partial charge in [0.25, 0.3) is 5.24 Å². The van der Waals surface area contributed by atoms with Crippen LogP contribution in [0.1, 0.15) is 10.4 Å². The molecule has 0 radical (unpaired) electrons. The summed E-state index contributed by atoms with van der Waals surface area (Å²) in [5, 5.41) is 1.78. The monoisotopic (exact) mass is 316 g/mol. The lowest BCUT2D eigenvalue weighted by Gasteiger charge is -2.02. The van der Waals surface area contributed by atoms with Crippen molar-refractivity contribution in [2.75, 3.05) is 0 Å². The number of carbonyl (C=O) groups excluding carboxylic acids is 1. The maximum absolute atomic E-state index is 11.0. The highest BCUT2D eigenvalue weighted by Crippen LogP contribution is 2.23. The number of hydrogen-bond donors (Lipinski definition) is 0. The highest BCUT2D eigenvalue weighted by Gasteiger charge is 2.05. The molecule has 0 amide bonds. The Morgan fingerprint density at radius 1 is 1.21 bits per heavy atom. The Morgan fingerprint density at radius 2 is 1.93 bits per heavy atom. The fourth-order valence-corrected chi connectivity index (χ4v) is 2.31. The molecule has 0 aliphatic rings.